The zero-order valence-electron chi connectivity index (χ0n) is 13.2. The summed E-state index contributed by atoms with van der Waals surface area (Å²) in [6.45, 7) is 5.74. The average Bonchev–Trinajstić information content (AvgIpc) is 2.99. The third-order valence-corrected chi connectivity index (χ3v) is 3.46. The second kappa shape index (κ2) is 6.00. The van der Waals surface area contributed by atoms with Gasteiger partial charge in [-0.05, 0) is 56.7 Å². The number of benzene rings is 1. The van der Waals surface area contributed by atoms with Crippen molar-refractivity contribution in [2.75, 3.05) is 5.32 Å². The van der Waals surface area contributed by atoms with E-state index >= 15 is 0 Å². The van der Waals surface area contributed by atoms with Crippen LogP contribution in [0, 0.1) is 20.8 Å². The van der Waals surface area contributed by atoms with Crippen LogP contribution in [0.2, 0.25) is 0 Å². The van der Waals surface area contributed by atoms with Gasteiger partial charge < -0.3 is 5.32 Å². The minimum Gasteiger partial charge on any atom is -0.322 e. The first-order valence-electron chi connectivity index (χ1n) is 7.25. The smallest absolute Gasteiger partial charge is 0.255 e. The zero-order valence-corrected chi connectivity index (χ0v) is 13.2. The van der Waals surface area contributed by atoms with Gasteiger partial charge in [0.1, 0.15) is 12.7 Å². The third kappa shape index (κ3) is 3.26. The number of anilines is 1. The van der Waals surface area contributed by atoms with Crippen molar-refractivity contribution in [2.24, 2.45) is 0 Å². The summed E-state index contributed by atoms with van der Waals surface area (Å²) in [6, 6.07) is 9.18. The predicted octanol–water partition coefficient (Wildman–Crippen LogP) is 2.84. The van der Waals surface area contributed by atoms with E-state index in [1.807, 2.05) is 45.0 Å². The Hall–Kier alpha value is -3.02. The summed E-state index contributed by atoms with van der Waals surface area (Å²) >= 11 is 0. The highest BCUT2D eigenvalue weighted by atomic mass is 16.1. The lowest BCUT2D eigenvalue weighted by Gasteiger charge is -2.10. The summed E-state index contributed by atoms with van der Waals surface area (Å²) in [7, 11) is 0. The standard InChI is InChI=1S/C17H17N5O/c1-11-6-14(4-5-16(11)22-10-18-9-19-22)17(23)21-15-7-12(2)20-13(3)8-15/h4-10H,1-3H3,(H,20,21,23). The van der Waals surface area contributed by atoms with Crippen molar-refractivity contribution >= 4 is 11.6 Å². The molecule has 3 aromatic rings. The molecule has 6 heteroatoms. The van der Waals surface area contributed by atoms with Crippen LogP contribution in [-0.4, -0.2) is 25.7 Å². The van der Waals surface area contributed by atoms with E-state index in [1.165, 1.54) is 6.33 Å². The number of aryl methyl sites for hydroxylation is 3. The van der Waals surface area contributed by atoms with Crippen LogP contribution in [0.5, 0.6) is 0 Å². The summed E-state index contributed by atoms with van der Waals surface area (Å²) in [6.07, 6.45) is 3.11. The van der Waals surface area contributed by atoms with Gasteiger partial charge in [-0.2, -0.15) is 5.10 Å². The molecule has 0 aliphatic heterocycles. The van der Waals surface area contributed by atoms with Gasteiger partial charge in [0.05, 0.1) is 5.69 Å². The van der Waals surface area contributed by atoms with Gasteiger partial charge in [0.25, 0.3) is 5.91 Å². The summed E-state index contributed by atoms with van der Waals surface area (Å²) in [5, 5.41) is 7.01. The molecule has 0 unspecified atom stereocenters. The Balaban J connectivity index is 1.84. The minimum atomic E-state index is -0.150. The van der Waals surface area contributed by atoms with E-state index in [0.29, 0.717) is 5.56 Å². The number of hydrogen-bond acceptors (Lipinski definition) is 4. The molecule has 1 amide bonds. The maximum atomic E-state index is 12.4. The van der Waals surface area contributed by atoms with Crippen LogP contribution < -0.4 is 5.32 Å². The molecule has 116 valence electrons. The van der Waals surface area contributed by atoms with E-state index in [4.69, 9.17) is 0 Å². The van der Waals surface area contributed by atoms with Gasteiger partial charge >= 0.3 is 0 Å². The van der Waals surface area contributed by atoms with E-state index < -0.39 is 0 Å². The molecule has 6 nitrogen and oxygen atoms in total. The van der Waals surface area contributed by atoms with Crippen molar-refractivity contribution in [2.45, 2.75) is 20.8 Å². The lowest BCUT2D eigenvalue weighted by molar-refractivity contribution is 0.102. The maximum absolute atomic E-state index is 12.4. The Morgan fingerprint density at radius 3 is 2.43 bits per heavy atom. The van der Waals surface area contributed by atoms with Crippen LogP contribution in [0.4, 0.5) is 5.69 Å². The summed E-state index contributed by atoms with van der Waals surface area (Å²) < 4.78 is 1.67. The molecule has 2 aromatic heterocycles. The topological polar surface area (TPSA) is 72.7 Å². The number of nitrogens with one attached hydrogen (secondary N) is 1. The fourth-order valence-corrected chi connectivity index (χ4v) is 2.50. The van der Waals surface area contributed by atoms with Gasteiger partial charge in [-0.15, -0.1) is 0 Å². The van der Waals surface area contributed by atoms with Gasteiger partial charge in [-0.1, -0.05) is 0 Å². The largest absolute Gasteiger partial charge is 0.322 e. The van der Waals surface area contributed by atoms with Gasteiger partial charge in [0.15, 0.2) is 0 Å². The molecule has 23 heavy (non-hydrogen) atoms. The highest BCUT2D eigenvalue weighted by Gasteiger charge is 2.10. The van der Waals surface area contributed by atoms with Crippen molar-refractivity contribution in [1.29, 1.82) is 0 Å². The van der Waals surface area contributed by atoms with E-state index in [9.17, 15) is 4.79 Å². The Kier molecular flexibility index (Phi) is 3.89. The number of hydrogen-bond donors (Lipinski definition) is 1. The van der Waals surface area contributed by atoms with E-state index in [1.54, 1.807) is 17.1 Å². The quantitative estimate of drug-likeness (QED) is 0.807. The Morgan fingerprint density at radius 1 is 1.09 bits per heavy atom. The highest BCUT2D eigenvalue weighted by Crippen LogP contribution is 2.17. The molecular formula is C17H17N5O. The zero-order chi connectivity index (χ0) is 16.4. The number of nitrogens with zero attached hydrogens (tertiary/aromatic N) is 4. The Labute approximate surface area is 134 Å². The summed E-state index contributed by atoms with van der Waals surface area (Å²) in [4.78, 5) is 20.7. The van der Waals surface area contributed by atoms with Crippen molar-refractivity contribution in [3.05, 3.63) is 65.5 Å². The molecule has 0 fully saturated rings. The van der Waals surface area contributed by atoms with Crippen molar-refractivity contribution in [3.8, 4) is 5.69 Å². The number of aromatic nitrogens is 4. The molecule has 0 atom stereocenters. The summed E-state index contributed by atoms with van der Waals surface area (Å²) in [5.41, 5.74) is 4.94. The van der Waals surface area contributed by atoms with Crippen LogP contribution in [-0.2, 0) is 0 Å². The normalized spacial score (nSPS) is 10.6. The van der Waals surface area contributed by atoms with Crippen molar-refractivity contribution in [3.63, 3.8) is 0 Å². The first-order chi connectivity index (χ1) is 11.0. The minimum absolute atomic E-state index is 0.150. The van der Waals surface area contributed by atoms with E-state index in [-0.39, 0.29) is 5.91 Å². The third-order valence-electron chi connectivity index (χ3n) is 3.46. The maximum Gasteiger partial charge on any atom is 0.255 e. The van der Waals surface area contributed by atoms with Crippen LogP contribution in [0.15, 0.2) is 43.0 Å². The van der Waals surface area contributed by atoms with Crippen molar-refractivity contribution in [1.82, 2.24) is 19.7 Å². The van der Waals surface area contributed by atoms with Gasteiger partial charge in [-0.25, -0.2) is 9.67 Å². The van der Waals surface area contributed by atoms with Crippen molar-refractivity contribution < 1.29 is 4.79 Å². The molecule has 1 N–H and O–H groups in total. The molecule has 0 saturated carbocycles. The monoisotopic (exact) mass is 307 g/mol. The number of rotatable bonds is 3. The average molecular weight is 307 g/mol. The lowest BCUT2D eigenvalue weighted by atomic mass is 10.1. The number of amides is 1. The second-order valence-corrected chi connectivity index (χ2v) is 5.43. The first-order valence-corrected chi connectivity index (χ1v) is 7.25. The number of carbonyl (C=O) groups is 1. The van der Waals surface area contributed by atoms with E-state index in [0.717, 1.165) is 28.3 Å². The summed E-state index contributed by atoms with van der Waals surface area (Å²) in [5.74, 6) is -0.150. The lowest BCUT2D eigenvalue weighted by Crippen LogP contribution is -2.13. The first kappa shape index (κ1) is 14.9. The molecule has 0 spiro atoms. The van der Waals surface area contributed by atoms with E-state index in [2.05, 4.69) is 20.4 Å². The second-order valence-electron chi connectivity index (χ2n) is 5.43. The molecule has 0 saturated heterocycles. The highest BCUT2D eigenvalue weighted by molar-refractivity contribution is 6.04. The number of pyridine rings is 1. The SMILES string of the molecule is Cc1cc(NC(=O)c2ccc(-n3cncn3)c(C)c2)cc(C)n1. The van der Waals surface area contributed by atoms with Crippen LogP contribution in [0.25, 0.3) is 5.69 Å². The fourth-order valence-electron chi connectivity index (χ4n) is 2.50. The van der Waals surface area contributed by atoms with Gasteiger partial charge in [-0.3, -0.25) is 9.78 Å². The molecule has 0 aliphatic carbocycles. The number of carbonyl (C=O) groups excluding carboxylic acids is 1. The fraction of sp³-hybridized carbons (Fsp3) is 0.176. The molecule has 0 aliphatic rings. The molecule has 3 rings (SSSR count). The molecule has 0 bridgehead atoms. The van der Waals surface area contributed by atoms with Gasteiger partial charge in [0.2, 0.25) is 0 Å². The van der Waals surface area contributed by atoms with Crippen LogP contribution in [0.3, 0.4) is 0 Å². The molecule has 1 aromatic carbocycles. The predicted molar refractivity (Wildman–Crippen MR) is 87.8 cm³/mol. The molecule has 2 heterocycles. The van der Waals surface area contributed by atoms with Crippen LogP contribution >= 0.6 is 0 Å². The molecular weight excluding hydrogens is 290 g/mol. The van der Waals surface area contributed by atoms with Gasteiger partial charge in [0, 0.05) is 22.6 Å². The Bertz CT molecular complexity index is 835. The Morgan fingerprint density at radius 2 is 1.83 bits per heavy atom. The molecule has 0 radical (unpaired) electrons. The van der Waals surface area contributed by atoms with Crippen LogP contribution in [0.1, 0.15) is 27.3 Å².